The summed E-state index contributed by atoms with van der Waals surface area (Å²) in [6.07, 6.45) is 0. The molecule has 1 radical (unpaired) electrons. The van der Waals surface area contributed by atoms with Crippen LogP contribution in [0.2, 0.25) is 0 Å². The van der Waals surface area contributed by atoms with Crippen molar-refractivity contribution in [3.63, 3.8) is 0 Å². The van der Waals surface area contributed by atoms with Gasteiger partial charge in [-0.3, -0.25) is 13.7 Å². The number of sulfone groups is 2. The molecular weight excluding hydrogens is 816 g/mol. The zero-order valence-corrected chi connectivity index (χ0v) is 32.1. The molecule has 0 atom stereocenters. The van der Waals surface area contributed by atoms with Crippen molar-refractivity contribution < 1.29 is 74.0 Å². The Balaban J connectivity index is 0.00000936. The van der Waals surface area contributed by atoms with Crippen LogP contribution >= 0.6 is 0 Å². The number of anilines is 2. The van der Waals surface area contributed by atoms with Crippen LogP contribution in [-0.4, -0.2) is 121 Å². The second-order valence-electron chi connectivity index (χ2n) is 9.57. The van der Waals surface area contributed by atoms with Crippen molar-refractivity contribution in [2.45, 2.75) is 14.7 Å². The number of hydrogen-bond donors (Lipinski definition) is 6. The number of carbonyl (C=O) groups is 1. The van der Waals surface area contributed by atoms with Crippen LogP contribution in [0.15, 0.2) is 83.7 Å². The van der Waals surface area contributed by atoms with Gasteiger partial charge in [0.05, 0.1) is 51.6 Å². The normalized spacial score (nSPS) is 13.0. The Hall–Kier alpha value is -3.52. The van der Waals surface area contributed by atoms with Gasteiger partial charge in [-0.25, -0.2) is 30.0 Å². The fraction of sp³-hybridized carbons (Fsp3) is 0.174. The van der Waals surface area contributed by atoms with Crippen molar-refractivity contribution >= 4 is 120 Å². The zero-order chi connectivity index (χ0) is 38.6. The first-order valence-corrected chi connectivity index (χ1v) is 20.5. The van der Waals surface area contributed by atoms with E-state index in [2.05, 4.69) is 28.8 Å². The topological polar surface area (TPSA) is 389 Å². The molecule has 3 aromatic carbocycles. The number of azo groups is 2. The minimum Gasteiger partial charge on any atom is -0.478 e. The van der Waals surface area contributed by atoms with E-state index in [1.165, 1.54) is 0 Å². The Labute approximate surface area is 317 Å². The van der Waals surface area contributed by atoms with Gasteiger partial charge in [0.2, 0.25) is 0 Å². The van der Waals surface area contributed by atoms with Crippen molar-refractivity contribution in [1.82, 2.24) is 0 Å². The van der Waals surface area contributed by atoms with E-state index in [1.807, 2.05) is 0 Å². The van der Waals surface area contributed by atoms with Gasteiger partial charge in [-0.05, 0) is 48.5 Å². The Morgan fingerprint density at radius 3 is 1.52 bits per heavy atom. The first kappa shape index (κ1) is 44.6. The van der Waals surface area contributed by atoms with Crippen molar-refractivity contribution in [2.24, 2.45) is 20.5 Å². The summed E-state index contributed by atoms with van der Waals surface area (Å²) in [4.78, 5) is 10.1. The monoisotopic (exact) mass is 839 g/mol. The van der Waals surface area contributed by atoms with Crippen LogP contribution in [0.5, 0.6) is 0 Å². The maximum absolute atomic E-state index is 12.6. The van der Waals surface area contributed by atoms with Crippen LogP contribution in [-0.2, 0) is 59.0 Å². The molecule has 0 aromatic heterocycles. The van der Waals surface area contributed by atoms with Crippen molar-refractivity contribution in [1.29, 1.82) is 0 Å². The Morgan fingerprint density at radius 2 is 1.08 bits per heavy atom. The first-order chi connectivity index (χ1) is 23.3. The third-order valence-corrected chi connectivity index (χ3v) is 11.2. The molecule has 279 valence electrons. The molecule has 0 aliphatic heterocycles. The van der Waals surface area contributed by atoms with Gasteiger partial charge in [0.25, 0.3) is 10.1 Å². The molecule has 8 N–H and O–H groups in total. The van der Waals surface area contributed by atoms with E-state index in [1.54, 1.807) is 0 Å². The molecule has 0 saturated heterocycles. The summed E-state index contributed by atoms with van der Waals surface area (Å²) in [7, 11) is -23.7. The maximum Gasteiger partial charge on any atom is 0.397 e. The molecular formula is C23H24N6NaO17S5. The van der Waals surface area contributed by atoms with E-state index in [4.69, 9.17) is 20.6 Å². The van der Waals surface area contributed by atoms with E-state index >= 15 is 0 Å². The molecule has 52 heavy (non-hydrogen) atoms. The third-order valence-electron chi connectivity index (χ3n) is 6.00. The fourth-order valence-corrected chi connectivity index (χ4v) is 7.49. The molecule has 0 saturated carbocycles. The van der Waals surface area contributed by atoms with E-state index in [0.717, 1.165) is 42.5 Å². The van der Waals surface area contributed by atoms with Crippen molar-refractivity contribution in [2.75, 3.05) is 36.2 Å². The predicted octanol–water partition coefficient (Wildman–Crippen LogP) is 1.43. The first-order valence-electron chi connectivity index (χ1n) is 13.0. The summed E-state index contributed by atoms with van der Waals surface area (Å²) in [5.74, 6) is -3.62. The van der Waals surface area contributed by atoms with Crippen LogP contribution in [0.3, 0.4) is 0 Å². The molecule has 0 heterocycles. The Kier molecular flexibility index (Phi) is 14.7. The SMILES string of the molecule is Nc1cc(N)c(N=Nc2ccc(S(=O)(=O)CCOS(=O)(=O)O)cc2S(=O)(=O)O)c(C(=O)O)c1N=Nc1ccc(S(=O)(=O)CCOS(=O)(=O)O)cc1.[Na]. The second kappa shape index (κ2) is 17.1. The van der Waals surface area contributed by atoms with Crippen LogP contribution < -0.4 is 11.5 Å². The third kappa shape index (κ3) is 12.6. The van der Waals surface area contributed by atoms with Crippen LogP contribution in [0.25, 0.3) is 0 Å². The largest absolute Gasteiger partial charge is 0.478 e. The summed E-state index contributed by atoms with van der Waals surface area (Å²) < 4.78 is 152. The summed E-state index contributed by atoms with van der Waals surface area (Å²) in [6.45, 7) is -1.93. The molecule has 0 amide bonds. The Morgan fingerprint density at radius 1 is 0.635 bits per heavy atom. The molecule has 3 rings (SSSR count). The summed E-state index contributed by atoms with van der Waals surface area (Å²) in [5.41, 5.74) is 8.25. The van der Waals surface area contributed by atoms with E-state index < -0.39 is 119 Å². The molecule has 3 aromatic rings. The predicted molar refractivity (Wildman–Crippen MR) is 178 cm³/mol. The zero-order valence-electron chi connectivity index (χ0n) is 26.0. The number of rotatable bonds is 16. The molecule has 0 unspecified atom stereocenters. The minimum absolute atomic E-state index is 0. The summed E-state index contributed by atoms with van der Waals surface area (Å²) in [5, 5.41) is 24.8. The van der Waals surface area contributed by atoms with Gasteiger partial charge in [0, 0.05) is 29.6 Å². The van der Waals surface area contributed by atoms with Crippen LogP contribution in [0.4, 0.5) is 34.1 Å². The molecule has 0 aliphatic carbocycles. The number of nitrogens with two attached hydrogens (primary N) is 2. The van der Waals surface area contributed by atoms with Gasteiger partial charge in [-0.2, -0.15) is 30.4 Å². The van der Waals surface area contributed by atoms with Gasteiger partial charge in [-0.15, -0.1) is 15.3 Å². The minimum atomic E-state index is -5.24. The molecule has 0 fully saturated rings. The van der Waals surface area contributed by atoms with Gasteiger partial charge in [0.15, 0.2) is 19.7 Å². The summed E-state index contributed by atoms with van der Waals surface area (Å²) >= 11 is 0. The molecule has 0 bridgehead atoms. The second-order valence-corrected chi connectivity index (χ2v) is 17.4. The average Bonchev–Trinajstić information content (AvgIpc) is 2.97. The number of carboxylic acid groups (broad SMARTS) is 1. The molecule has 29 heteroatoms. The van der Waals surface area contributed by atoms with Gasteiger partial charge >= 0.3 is 26.8 Å². The van der Waals surface area contributed by atoms with Crippen LogP contribution in [0.1, 0.15) is 10.4 Å². The number of benzene rings is 3. The van der Waals surface area contributed by atoms with E-state index in [-0.39, 0.29) is 45.8 Å². The number of nitrogen functional groups attached to an aromatic ring is 2. The fourth-order valence-electron chi connectivity index (χ4n) is 3.77. The number of carboxylic acids is 1. The molecule has 0 spiro atoms. The average molecular weight is 840 g/mol. The summed E-state index contributed by atoms with van der Waals surface area (Å²) in [6, 6.07) is 7.36. The molecule has 23 nitrogen and oxygen atoms in total. The van der Waals surface area contributed by atoms with Crippen molar-refractivity contribution in [3.05, 3.63) is 54.1 Å². The van der Waals surface area contributed by atoms with E-state index in [9.17, 15) is 56.5 Å². The number of hydrogen-bond acceptors (Lipinski definition) is 19. The quantitative estimate of drug-likeness (QED) is 0.0514. The van der Waals surface area contributed by atoms with Crippen LogP contribution in [0, 0.1) is 0 Å². The van der Waals surface area contributed by atoms with Gasteiger partial charge in [0.1, 0.15) is 27.5 Å². The Bertz CT molecular complexity index is 2480. The van der Waals surface area contributed by atoms with Gasteiger partial charge in [-0.1, -0.05) is 0 Å². The van der Waals surface area contributed by atoms with Gasteiger partial charge < -0.3 is 16.6 Å². The smallest absolute Gasteiger partial charge is 0.397 e. The van der Waals surface area contributed by atoms with E-state index in [0.29, 0.717) is 6.07 Å². The van der Waals surface area contributed by atoms with Crippen molar-refractivity contribution in [3.8, 4) is 0 Å². The maximum atomic E-state index is 12.6. The number of aromatic carboxylic acids is 1. The number of nitrogens with zero attached hydrogens (tertiary/aromatic N) is 4. The molecule has 0 aliphatic rings. The standard InChI is InChI=1S/C23H24N6O17S5.Na/c24-16-12-17(25)22(29-27-18-6-5-15(11-19(18)49(36,37)38)48(34,35)10-8-46-51(42,43)44)20(23(30)31)21(16)28-26-13-1-3-14(4-2-13)47(32,33)9-7-45-50(39,40)41;/h1-6,11-12H,7-10,24-25H2,(H,30,31)(H,36,37,38)(H,39,40,41)(H,42,43,44);.